The van der Waals surface area contributed by atoms with Gasteiger partial charge in [-0.15, -0.1) is 0 Å². The molecule has 0 spiro atoms. The monoisotopic (exact) mass is 610 g/mol. The van der Waals surface area contributed by atoms with Gasteiger partial charge in [-0.3, -0.25) is 4.79 Å². The number of aliphatic hydroxyl groups is 1. The van der Waals surface area contributed by atoms with E-state index < -0.39 is 16.3 Å². The molecular weight excluding hydrogens is 572 g/mol. The number of hydrogen-bond donors (Lipinski definition) is 2. The topological polar surface area (TPSA) is 124 Å². The van der Waals surface area contributed by atoms with E-state index in [9.17, 15) is 18.3 Å². The predicted octanol–water partition coefficient (Wildman–Crippen LogP) is 3.48. The zero-order valence-corrected chi connectivity index (χ0v) is 25.2. The van der Waals surface area contributed by atoms with Crippen molar-refractivity contribution in [1.82, 2.24) is 9.62 Å². The number of aliphatic hydroxyl groups excluding tert-OH is 1. The number of nitrogens with one attached hydrogen (secondary N) is 1. The first-order valence-corrected chi connectivity index (χ1v) is 15.5. The third kappa shape index (κ3) is 8.80. The highest BCUT2D eigenvalue weighted by atomic mass is 32.2. The third-order valence-electron chi connectivity index (χ3n) is 7.06. The molecule has 1 heterocycles. The molecule has 1 aliphatic rings. The fourth-order valence-electron chi connectivity index (χ4n) is 4.70. The zero-order chi connectivity index (χ0) is 30.7. The molecule has 11 heteroatoms. The molecule has 3 aromatic rings. The van der Waals surface area contributed by atoms with E-state index in [2.05, 4.69) is 5.32 Å². The van der Waals surface area contributed by atoms with E-state index in [0.717, 1.165) is 15.4 Å². The number of methoxy groups -OCH3 is 2. The highest BCUT2D eigenvalue weighted by Gasteiger charge is 2.30. The highest BCUT2D eigenvalue weighted by Crippen LogP contribution is 2.32. The van der Waals surface area contributed by atoms with E-state index in [-0.39, 0.29) is 48.8 Å². The Morgan fingerprint density at radius 1 is 0.953 bits per heavy atom. The molecule has 0 bridgehead atoms. The number of allylic oxidation sites excluding steroid dienone is 1. The summed E-state index contributed by atoms with van der Waals surface area (Å²) < 4.78 is 50.0. The number of benzene rings is 3. The van der Waals surface area contributed by atoms with Crippen LogP contribution in [-0.4, -0.2) is 77.1 Å². The Kier molecular flexibility index (Phi) is 11.6. The summed E-state index contributed by atoms with van der Waals surface area (Å²) in [6.45, 7) is -0.0677. The van der Waals surface area contributed by atoms with Crippen LogP contribution in [0.2, 0.25) is 0 Å². The first-order valence-electron chi connectivity index (χ1n) is 14.0. The van der Waals surface area contributed by atoms with Crippen LogP contribution in [-0.2, 0) is 30.7 Å². The van der Waals surface area contributed by atoms with Gasteiger partial charge in [-0.25, -0.2) is 8.42 Å². The maximum Gasteiger partial charge on any atom is 0.286 e. The third-order valence-corrected chi connectivity index (χ3v) is 8.97. The van der Waals surface area contributed by atoms with Crippen LogP contribution in [0.1, 0.15) is 23.5 Å². The standard InChI is InChI=1S/C32H38N2O8S/c1-39-27-10-8-25(9-11-27)26-22-30(32(36)33-17-16-24-6-4-3-5-7-24)42-31(23-26)41-21-19-34(18-20-35)43(37,38)29-14-12-28(40-2)13-15-29/h3-15,22,26,31,35H,16-21,23H2,1-2H3,(H,33,36)/t26-,31+/m0/s1. The summed E-state index contributed by atoms with van der Waals surface area (Å²) in [5, 5.41) is 12.5. The molecule has 0 saturated carbocycles. The largest absolute Gasteiger partial charge is 0.497 e. The maximum absolute atomic E-state index is 13.3. The molecule has 43 heavy (non-hydrogen) atoms. The van der Waals surface area contributed by atoms with Gasteiger partial charge in [0, 0.05) is 32.0 Å². The van der Waals surface area contributed by atoms with Gasteiger partial charge >= 0.3 is 0 Å². The molecule has 0 aromatic heterocycles. The van der Waals surface area contributed by atoms with Gasteiger partial charge in [-0.05, 0) is 60.0 Å². The molecule has 2 N–H and O–H groups in total. The van der Waals surface area contributed by atoms with Gasteiger partial charge in [0.05, 0.1) is 32.3 Å². The normalized spacial score (nSPS) is 16.7. The van der Waals surface area contributed by atoms with Crippen LogP contribution in [0.4, 0.5) is 0 Å². The average Bonchev–Trinajstić information content (AvgIpc) is 3.04. The number of rotatable bonds is 15. The Hall–Kier alpha value is -3.90. The number of carbonyl (C=O) groups is 1. The second-order valence-electron chi connectivity index (χ2n) is 9.86. The molecule has 1 amide bonds. The van der Waals surface area contributed by atoms with Crippen molar-refractivity contribution < 1.29 is 37.3 Å². The fourth-order valence-corrected chi connectivity index (χ4v) is 6.12. The molecular formula is C32H38N2O8S. The maximum atomic E-state index is 13.3. The summed E-state index contributed by atoms with van der Waals surface area (Å²) in [6, 6.07) is 23.5. The lowest BCUT2D eigenvalue weighted by molar-refractivity contribution is -0.146. The minimum absolute atomic E-state index is 0.0156. The average molecular weight is 611 g/mol. The second-order valence-corrected chi connectivity index (χ2v) is 11.8. The minimum Gasteiger partial charge on any atom is -0.497 e. The zero-order valence-electron chi connectivity index (χ0n) is 24.3. The van der Waals surface area contributed by atoms with Gasteiger partial charge in [0.1, 0.15) is 11.5 Å². The van der Waals surface area contributed by atoms with Crippen molar-refractivity contribution in [2.24, 2.45) is 0 Å². The Balaban J connectivity index is 1.43. The van der Waals surface area contributed by atoms with Gasteiger partial charge in [-0.2, -0.15) is 4.31 Å². The number of amides is 1. The summed E-state index contributed by atoms with van der Waals surface area (Å²) in [5.41, 5.74) is 2.06. The number of sulfonamides is 1. The summed E-state index contributed by atoms with van der Waals surface area (Å²) in [4.78, 5) is 13.2. The van der Waals surface area contributed by atoms with E-state index >= 15 is 0 Å². The van der Waals surface area contributed by atoms with E-state index in [1.54, 1.807) is 25.3 Å². The Labute approximate surface area is 252 Å². The van der Waals surface area contributed by atoms with Crippen molar-refractivity contribution in [3.63, 3.8) is 0 Å². The van der Waals surface area contributed by atoms with Crippen molar-refractivity contribution in [2.75, 3.05) is 47.1 Å². The Morgan fingerprint density at radius 3 is 2.23 bits per heavy atom. The van der Waals surface area contributed by atoms with Crippen LogP contribution in [0.5, 0.6) is 11.5 Å². The van der Waals surface area contributed by atoms with Crippen molar-refractivity contribution in [3.05, 3.63) is 102 Å². The van der Waals surface area contributed by atoms with Gasteiger partial charge in [0.2, 0.25) is 16.3 Å². The molecule has 1 aliphatic heterocycles. The van der Waals surface area contributed by atoms with Crippen LogP contribution in [0.3, 0.4) is 0 Å². The van der Waals surface area contributed by atoms with Crippen molar-refractivity contribution >= 4 is 15.9 Å². The number of ether oxygens (including phenoxy) is 4. The highest BCUT2D eigenvalue weighted by molar-refractivity contribution is 7.89. The van der Waals surface area contributed by atoms with Crippen LogP contribution >= 0.6 is 0 Å². The smallest absolute Gasteiger partial charge is 0.286 e. The molecule has 230 valence electrons. The van der Waals surface area contributed by atoms with Gasteiger partial charge < -0.3 is 29.4 Å². The minimum atomic E-state index is -3.90. The summed E-state index contributed by atoms with van der Waals surface area (Å²) >= 11 is 0. The summed E-state index contributed by atoms with van der Waals surface area (Å²) in [5.74, 6) is 0.851. The molecule has 0 fully saturated rings. The summed E-state index contributed by atoms with van der Waals surface area (Å²) in [7, 11) is -0.802. The predicted molar refractivity (Wildman–Crippen MR) is 161 cm³/mol. The summed E-state index contributed by atoms with van der Waals surface area (Å²) in [6.07, 6.45) is 2.07. The lowest BCUT2D eigenvalue weighted by Crippen LogP contribution is -2.38. The first kappa shape index (κ1) is 32.0. The quantitative estimate of drug-likeness (QED) is 0.268. The molecule has 0 radical (unpaired) electrons. The van der Waals surface area contributed by atoms with Crippen LogP contribution in [0.25, 0.3) is 0 Å². The van der Waals surface area contributed by atoms with Crippen LogP contribution in [0.15, 0.2) is 95.6 Å². The molecule has 4 rings (SSSR count). The molecule has 0 unspecified atom stereocenters. The van der Waals surface area contributed by atoms with E-state index in [0.29, 0.717) is 30.9 Å². The first-order chi connectivity index (χ1) is 20.8. The number of carbonyl (C=O) groups excluding carboxylic acids is 1. The Morgan fingerprint density at radius 2 is 1.60 bits per heavy atom. The molecule has 0 saturated heterocycles. The second kappa shape index (κ2) is 15.5. The molecule has 2 atom stereocenters. The lowest BCUT2D eigenvalue weighted by atomic mass is 9.93. The fraction of sp³-hybridized carbons (Fsp3) is 0.344. The van der Waals surface area contributed by atoms with E-state index in [1.165, 1.54) is 19.2 Å². The Bertz CT molecular complexity index is 1440. The van der Waals surface area contributed by atoms with Gasteiger partial charge in [0.15, 0.2) is 5.76 Å². The van der Waals surface area contributed by atoms with Gasteiger partial charge in [0.25, 0.3) is 5.91 Å². The number of nitrogens with zero attached hydrogens (tertiary/aromatic N) is 1. The molecule has 3 aromatic carbocycles. The van der Waals surface area contributed by atoms with E-state index in [4.69, 9.17) is 18.9 Å². The van der Waals surface area contributed by atoms with Crippen LogP contribution in [0, 0.1) is 0 Å². The van der Waals surface area contributed by atoms with Crippen molar-refractivity contribution in [2.45, 2.75) is 29.9 Å². The van der Waals surface area contributed by atoms with Crippen LogP contribution < -0.4 is 14.8 Å². The van der Waals surface area contributed by atoms with Gasteiger partial charge in [-0.1, -0.05) is 42.5 Å². The SMILES string of the molecule is COc1ccc([C@H]2C=C(C(=O)NCCc3ccccc3)O[C@@H](OCCN(CCO)S(=O)(=O)c3ccc(OC)cc3)C2)cc1. The molecule has 0 aliphatic carbocycles. The lowest BCUT2D eigenvalue weighted by Gasteiger charge is -2.30. The number of hydrogen-bond acceptors (Lipinski definition) is 8. The van der Waals surface area contributed by atoms with Crippen molar-refractivity contribution in [1.29, 1.82) is 0 Å². The van der Waals surface area contributed by atoms with E-state index in [1.807, 2.05) is 54.6 Å². The molecule has 10 nitrogen and oxygen atoms in total. The van der Waals surface area contributed by atoms with Crippen molar-refractivity contribution in [3.8, 4) is 11.5 Å².